The third kappa shape index (κ3) is 5.33. The van der Waals surface area contributed by atoms with Crippen LogP contribution in [0.5, 0.6) is 5.75 Å². The minimum Gasteiger partial charge on any atom is -0.476 e. The van der Waals surface area contributed by atoms with Gasteiger partial charge in [0.1, 0.15) is 5.75 Å². The monoisotopic (exact) mass is 450 g/mol. The Morgan fingerprint density at radius 1 is 1.00 bits per heavy atom. The first kappa shape index (κ1) is 23.4. The number of benzene rings is 2. The minimum atomic E-state index is -4.42. The summed E-state index contributed by atoms with van der Waals surface area (Å²) in [5.41, 5.74) is -0.604. The number of hydrogen-bond donors (Lipinski definition) is 0. The second-order valence-electron chi connectivity index (χ2n) is 7.88. The first-order valence-electron chi connectivity index (χ1n) is 10.2. The maximum atomic E-state index is 12.8. The van der Waals surface area contributed by atoms with Crippen molar-refractivity contribution in [3.63, 3.8) is 0 Å². The number of ether oxygens (including phenoxy) is 2. The van der Waals surface area contributed by atoms with Crippen molar-refractivity contribution in [1.82, 2.24) is 4.90 Å². The molecule has 0 N–H and O–H groups in total. The normalized spacial score (nSPS) is 14.6. The molecule has 1 heterocycles. The Morgan fingerprint density at radius 3 is 2.19 bits per heavy atom. The summed E-state index contributed by atoms with van der Waals surface area (Å²) < 4.78 is 49.0. The summed E-state index contributed by atoms with van der Waals surface area (Å²) in [5, 5.41) is 0. The van der Waals surface area contributed by atoms with E-state index in [1.807, 2.05) is 0 Å². The molecule has 32 heavy (non-hydrogen) atoms. The van der Waals surface area contributed by atoms with Crippen molar-refractivity contribution in [2.75, 3.05) is 24.6 Å². The van der Waals surface area contributed by atoms with Gasteiger partial charge in [0, 0.05) is 25.3 Å². The van der Waals surface area contributed by atoms with E-state index < -0.39 is 23.3 Å². The van der Waals surface area contributed by atoms with Crippen LogP contribution in [-0.2, 0) is 22.3 Å². The molecule has 0 radical (unpaired) electrons. The molecule has 0 saturated carbocycles. The van der Waals surface area contributed by atoms with Gasteiger partial charge in [-0.3, -0.25) is 4.90 Å². The molecular formula is C23H25F3N2O4. The second kappa shape index (κ2) is 9.10. The number of alkyl halides is 3. The van der Waals surface area contributed by atoms with E-state index in [0.717, 1.165) is 17.7 Å². The summed E-state index contributed by atoms with van der Waals surface area (Å²) in [6.07, 6.45) is -4.42. The molecule has 1 fully saturated rings. The van der Waals surface area contributed by atoms with Crippen molar-refractivity contribution in [2.45, 2.75) is 39.1 Å². The number of anilines is 1. The van der Waals surface area contributed by atoms with Crippen molar-refractivity contribution in [3.05, 3.63) is 59.7 Å². The highest BCUT2D eigenvalue weighted by Gasteiger charge is 2.33. The lowest BCUT2D eigenvalue weighted by molar-refractivity contribution is -0.158. The van der Waals surface area contributed by atoms with Gasteiger partial charge in [0.2, 0.25) is 0 Å². The number of amides is 2. The molecule has 0 bridgehead atoms. The fraction of sp³-hybridized carbons (Fsp3) is 0.391. The molecule has 0 spiro atoms. The van der Waals surface area contributed by atoms with Gasteiger partial charge in [-0.1, -0.05) is 12.1 Å². The predicted octanol–water partition coefficient (Wildman–Crippen LogP) is 4.87. The lowest BCUT2D eigenvalue weighted by Gasteiger charge is -2.24. The largest absolute Gasteiger partial charge is 0.476 e. The minimum absolute atomic E-state index is 0.262. The Morgan fingerprint density at radius 2 is 1.62 bits per heavy atom. The van der Waals surface area contributed by atoms with Gasteiger partial charge in [0.15, 0.2) is 5.60 Å². The number of esters is 1. The number of urea groups is 1. The average Bonchev–Trinajstić information content (AvgIpc) is 3.09. The van der Waals surface area contributed by atoms with Crippen LogP contribution in [0.4, 0.5) is 23.7 Å². The van der Waals surface area contributed by atoms with Crippen LogP contribution in [0.1, 0.15) is 31.9 Å². The Hall–Kier alpha value is -3.23. The average molecular weight is 450 g/mol. The van der Waals surface area contributed by atoms with E-state index in [-0.39, 0.29) is 12.6 Å². The first-order valence-corrected chi connectivity index (χ1v) is 10.2. The number of nitrogens with zero attached hydrogens (tertiary/aromatic N) is 2. The molecule has 0 atom stereocenters. The van der Waals surface area contributed by atoms with Gasteiger partial charge < -0.3 is 14.4 Å². The SMILES string of the molecule is CCOC(=O)C(C)(C)Oc1ccc(CN2CCN(c3ccc(C(F)(F)F)cc3)C2=O)cc1. The van der Waals surface area contributed by atoms with Crippen LogP contribution < -0.4 is 9.64 Å². The van der Waals surface area contributed by atoms with Crippen LogP contribution in [0.2, 0.25) is 0 Å². The van der Waals surface area contributed by atoms with Crippen LogP contribution in [-0.4, -0.2) is 42.2 Å². The van der Waals surface area contributed by atoms with E-state index >= 15 is 0 Å². The van der Waals surface area contributed by atoms with Crippen molar-refractivity contribution in [1.29, 1.82) is 0 Å². The number of rotatable bonds is 7. The molecular weight excluding hydrogens is 425 g/mol. The first-order chi connectivity index (χ1) is 15.0. The molecule has 1 saturated heterocycles. The third-order valence-corrected chi connectivity index (χ3v) is 5.04. The van der Waals surface area contributed by atoms with E-state index in [1.165, 1.54) is 17.0 Å². The van der Waals surface area contributed by atoms with Crippen LogP contribution in [0.15, 0.2) is 48.5 Å². The van der Waals surface area contributed by atoms with Crippen LogP contribution >= 0.6 is 0 Å². The van der Waals surface area contributed by atoms with Crippen LogP contribution in [0.25, 0.3) is 0 Å². The fourth-order valence-corrected chi connectivity index (χ4v) is 3.32. The standard InChI is InChI=1S/C23H25F3N2O4/c1-4-31-20(29)22(2,3)32-19-11-5-16(6-12-19)15-27-13-14-28(21(27)30)18-9-7-17(8-10-18)23(24,25)26/h5-12H,4,13-15H2,1-3H3. The molecule has 2 aromatic carbocycles. The van der Waals surface area contributed by atoms with Crippen LogP contribution in [0.3, 0.4) is 0 Å². The van der Waals surface area contributed by atoms with E-state index in [1.54, 1.807) is 49.9 Å². The lowest BCUT2D eigenvalue weighted by Crippen LogP contribution is -2.39. The summed E-state index contributed by atoms with van der Waals surface area (Å²) in [6, 6.07) is 11.3. The molecule has 0 aliphatic carbocycles. The van der Waals surface area contributed by atoms with Crippen molar-refractivity contribution < 1.29 is 32.2 Å². The zero-order chi connectivity index (χ0) is 23.5. The summed E-state index contributed by atoms with van der Waals surface area (Å²) in [5.74, 6) is 0.0287. The molecule has 2 aromatic rings. The van der Waals surface area contributed by atoms with Gasteiger partial charge in [-0.15, -0.1) is 0 Å². The molecule has 172 valence electrons. The number of hydrogen-bond acceptors (Lipinski definition) is 4. The van der Waals surface area contributed by atoms with E-state index in [2.05, 4.69) is 0 Å². The zero-order valence-corrected chi connectivity index (χ0v) is 18.1. The van der Waals surface area contributed by atoms with Gasteiger partial charge in [-0.25, -0.2) is 9.59 Å². The van der Waals surface area contributed by atoms with E-state index in [0.29, 0.717) is 31.1 Å². The van der Waals surface area contributed by atoms with E-state index in [4.69, 9.17) is 9.47 Å². The van der Waals surface area contributed by atoms with Gasteiger partial charge in [0.05, 0.1) is 12.2 Å². The molecule has 0 aromatic heterocycles. The van der Waals surface area contributed by atoms with Crippen molar-refractivity contribution in [2.24, 2.45) is 0 Å². The number of carbonyl (C=O) groups is 2. The smallest absolute Gasteiger partial charge is 0.416 e. The summed E-state index contributed by atoms with van der Waals surface area (Å²) in [6.45, 7) is 6.42. The lowest BCUT2D eigenvalue weighted by atomic mass is 10.1. The highest BCUT2D eigenvalue weighted by atomic mass is 19.4. The summed E-state index contributed by atoms with van der Waals surface area (Å²) >= 11 is 0. The predicted molar refractivity (Wildman–Crippen MR) is 112 cm³/mol. The molecule has 3 rings (SSSR count). The van der Waals surface area contributed by atoms with Gasteiger partial charge in [-0.05, 0) is 62.7 Å². The van der Waals surface area contributed by atoms with Gasteiger partial charge in [0.25, 0.3) is 0 Å². The molecule has 6 nitrogen and oxygen atoms in total. The Bertz CT molecular complexity index is 957. The second-order valence-corrected chi connectivity index (χ2v) is 7.88. The highest BCUT2D eigenvalue weighted by Crippen LogP contribution is 2.31. The topological polar surface area (TPSA) is 59.1 Å². The summed E-state index contributed by atoms with van der Waals surface area (Å²) in [4.78, 5) is 27.8. The molecule has 1 aliphatic rings. The van der Waals surface area contributed by atoms with Gasteiger partial charge >= 0.3 is 18.2 Å². The van der Waals surface area contributed by atoms with Gasteiger partial charge in [-0.2, -0.15) is 13.2 Å². The zero-order valence-electron chi connectivity index (χ0n) is 18.1. The molecule has 2 amide bonds. The van der Waals surface area contributed by atoms with Crippen LogP contribution in [0, 0.1) is 0 Å². The quantitative estimate of drug-likeness (QED) is 0.565. The molecule has 1 aliphatic heterocycles. The highest BCUT2D eigenvalue weighted by molar-refractivity contribution is 5.94. The Kier molecular flexibility index (Phi) is 6.66. The molecule has 9 heteroatoms. The summed E-state index contributed by atoms with van der Waals surface area (Å²) in [7, 11) is 0. The Labute approximate surface area is 184 Å². The fourth-order valence-electron chi connectivity index (χ4n) is 3.32. The maximum absolute atomic E-state index is 12.8. The number of carbonyl (C=O) groups excluding carboxylic acids is 2. The van der Waals surface area contributed by atoms with E-state index in [9.17, 15) is 22.8 Å². The van der Waals surface area contributed by atoms with Crippen molar-refractivity contribution >= 4 is 17.7 Å². The van der Waals surface area contributed by atoms with Crippen molar-refractivity contribution in [3.8, 4) is 5.75 Å². The maximum Gasteiger partial charge on any atom is 0.416 e. The number of halogens is 3. The Balaban J connectivity index is 1.61. The molecule has 0 unspecified atom stereocenters. The third-order valence-electron chi connectivity index (χ3n) is 5.04.